The van der Waals surface area contributed by atoms with Crippen LogP contribution in [0.1, 0.15) is 12.8 Å². The lowest BCUT2D eigenvalue weighted by atomic mass is 10.5. The smallest absolute Gasteiger partial charge is 0.317 e. The van der Waals surface area contributed by atoms with Crippen LogP contribution in [0.3, 0.4) is 0 Å². The summed E-state index contributed by atoms with van der Waals surface area (Å²) in [5, 5.41) is 9.77. The third kappa shape index (κ3) is 2.77. The molecule has 1 saturated carbocycles. The molecule has 68 valence electrons. The van der Waals surface area contributed by atoms with Crippen LogP contribution in [0.25, 0.3) is 0 Å². The zero-order chi connectivity index (χ0) is 9.14. The first-order valence-corrected chi connectivity index (χ1v) is 3.94. The second kappa shape index (κ2) is 3.42. The minimum absolute atomic E-state index is 0.00319. The molecule has 1 aliphatic carbocycles. The van der Waals surface area contributed by atoms with Gasteiger partial charge in [0.1, 0.15) is 5.84 Å². The topological polar surface area (TPSA) is 82.2 Å². The van der Waals surface area contributed by atoms with Crippen LogP contribution in [0, 0.1) is 5.41 Å². The first-order valence-electron chi connectivity index (χ1n) is 3.94. The molecule has 2 amide bonds. The van der Waals surface area contributed by atoms with Crippen molar-refractivity contribution in [2.24, 2.45) is 5.73 Å². The number of carbonyl (C=O) groups is 1. The van der Waals surface area contributed by atoms with Crippen molar-refractivity contribution in [2.45, 2.75) is 18.9 Å². The summed E-state index contributed by atoms with van der Waals surface area (Å²) in [6, 6.07) is 0.208. The molecule has 0 unspecified atom stereocenters. The summed E-state index contributed by atoms with van der Waals surface area (Å²) in [5.74, 6) is 0.00319. The van der Waals surface area contributed by atoms with Gasteiger partial charge in [-0.1, -0.05) is 0 Å². The Morgan fingerprint density at radius 1 is 1.75 bits per heavy atom. The van der Waals surface area contributed by atoms with Gasteiger partial charge in [0, 0.05) is 13.1 Å². The van der Waals surface area contributed by atoms with Gasteiger partial charge in [-0.05, 0) is 12.8 Å². The van der Waals surface area contributed by atoms with Crippen molar-refractivity contribution in [3.05, 3.63) is 0 Å². The molecule has 0 aromatic carbocycles. The van der Waals surface area contributed by atoms with Crippen molar-refractivity contribution in [3.63, 3.8) is 0 Å². The summed E-state index contributed by atoms with van der Waals surface area (Å²) < 4.78 is 0. The third-order valence-electron chi connectivity index (χ3n) is 1.66. The van der Waals surface area contributed by atoms with Crippen molar-refractivity contribution < 1.29 is 4.79 Å². The summed E-state index contributed by atoms with van der Waals surface area (Å²) in [4.78, 5) is 12.6. The van der Waals surface area contributed by atoms with Gasteiger partial charge in [-0.2, -0.15) is 0 Å². The minimum atomic E-state index is -0.146. The molecule has 5 nitrogen and oxygen atoms in total. The Kier molecular flexibility index (Phi) is 2.52. The molecule has 0 spiro atoms. The second-order valence-electron chi connectivity index (χ2n) is 3.11. The average molecular weight is 170 g/mol. The number of nitrogens with two attached hydrogens (primary N) is 1. The van der Waals surface area contributed by atoms with Gasteiger partial charge >= 0.3 is 6.03 Å². The second-order valence-corrected chi connectivity index (χ2v) is 3.11. The highest BCUT2D eigenvalue weighted by Gasteiger charge is 2.24. The fraction of sp³-hybridized carbons (Fsp3) is 0.714. The maximum atomic E-state index is 11.2. The van der Waals surface area contributed by atoms with Crippen molar-refractivity contribution >= 4 is 11.9 Å². The van der Waals surface area contributed by atoms with E-state index in [-0.39, 0.29) is 18.4 Å². The number of amidine groups is 1. The molecule has 12 heavy (non-hydrogen) atoms. The number of likely N-dealkylation sites (N-methyl/N-ethyl adjacent to an activating group) is 1. The van der Waals surface area contributed by atoms with Crippen LogP contribution in [0.5, 0.6) is 0 Å². The van der Waals surface area contributed by atoms with Gasteiger partial charge < -0.3 is 16.0 Å². The summed E-state index contributed by atoms with van der Waals surface area (Å²) in [6.45, 7) is 0.193. The van der Waals surface area contributed by atoms with E-state index in [9.17, 15) is 4.79 Å². The van der Waals surface area contributed by atoms with E-state index in [1.807, 2.05) is 0 Å². The van der Waals surface area contributed by atoms with Gasteiger partial charge in [0.15, 0.2) is 0 Å². The Morgan fingerprint density at radius 3 is 2.75 bits per heavy atom. The van der Waals surface area contributed by atoms with Crippen LogP contribution in [-0.4, -0.2) is 36.4 Å². The van der Waals surface area contributed by atoms with Gasteiger partial charge in [0.05, 0.1) is 6.54 Å². The number of rotatable bonds is 3. The van der Waals surface area contributed by atoms with Crippen molar-refractivity contribution in [3.8, 4) is 0 Å². The molecule has 0 aliphatic heterocycles. The molecule has 1 fully saturated rings. The Labute approximate surface area is 71.4 Å². The Balaban J connectivity index is 2.24. The number of nitrogens with one attached hydrogen (secondary N) is 2. The van der Waals surface area contributed by atoms with Crippen molar-refractivity contribution in [1.29, 1.82) is 5.41 Å². The first kappa shape index (κ1) is 8.83. The first-order chi connectivity index (χ1) is 5.59. The van der Waals surface area contributed by atoms with Crippen LogP contribution in [-0.2, 0) is 0 Å². The van der Waals surface area contributed by atoms with Crippen LogP contribution in [0.4, 0.5) is 4.79 Å². The standard InChI is InChI=1S/C7H14N4O/c1-11(4-6(8)9)7(12)10-5-2-3-5/h5H,2-4H2,1H3,(H3,8,9)(H,10,12). The number of carbonyl (C=O) groups excluding carboxylic acids is 1. The van der Waals surface area contributed by atoms with E-state index in [0.717, 1.165) is 12.8 Å². The van der Waals surface area contributed by atoms with Crippen LogP contribution < -0.4 is 11.1 Å². The summed E-state index contributed by atoms with van der Waals surface area (Å²) >= 11 is 0. The molecule has 1 rings (SSSR count). The van der Waals surface area contributed by atoms with Crippen LogP contribution in [0.15, 0.2) is 0 Å². The molecule has 4 N–H and O–H groups in total. The number of nitrogens with zero attached hydrogens (tertiary/aromatic N) is 1. The maximum absolute atomic E-state index is 11.2. The highest BCUT2D eigenvalue weighted by atomic mass is 16.2. The lowest BCUT2D eigenvalue weighted by molar-refractivity contribution is 0.213. The number of urea groups is 1. The van der Waals surface area contributed by atoms with E-state index in [2.05, 4.69) is 5.32 Å². The van der Waals surface area contributed by atoms with Crippen molar-refractivity contribution in [1.82, 2.24) is 10.2 Å². The predicted octanol–water partition coefficient (Wildman–Crippen LogP) is -0.274. The zero-order valence-electron chi connectivity index (χ0n) is 7.13. The van der Waals surface area contributed by atoms with Crippen molar-refractivity contribution in [2.75, 3.05) is 13.6 Å². The largest absolute Gasteiger partial charge is 0.386 e. The van der Waals surface area contributed by atoms with E-state index < -0.39 is 0 Å². The van der Waals surface area contributed by atoms with E-state index in [0.29, 0.717) is 6.04 Å². The SMILES string of the molecule is CN(CC(=N)N)C(=O)NC1CC1. The Hall–Kier alpha value is -1.26. The Morgan fingerprint density at radius 2 is 2.33 bits per heavy atom. The molecule has 0 heterocycles. The fourth-order valence-electron chi connectivity index (χ4n) is 0.840. The monoisotopic (exact) mass is 170 g/mol. The molecule has 0 aromatic heterocycles. The molecule has 0 aromatic rings. The lowest BCUT2D eigenvalue weighted by Crippen LogP contribution is -2.42. The van der Waals surface area contributed by atoms with E-state index >= 15 is 0 Å². The Bertz CT molecular complexity index is 200. The maximum Gasteiger partial charge on any atom is 0.317 e. The molecule has 0 bridgehead atoms. The molecular weight excluding hydrogens is 156 g/mol. The van der Waals surface area contributed by atoms with Gasteiger partial charge in [-0.25, -0.2) is 4.79 Å². The predicted molar refractivity (Wildman–Crippen MR) is 46.1 cm³/mol. The van der Waals surface area contributed by atoms with Crippen LogP contribution >= 0.6 is 0 Å². The minimum Gasteiger partial charge on any atom is -0.386 e. The summed E-state index contributed by atoms with van der Waals surface area (Å²) in [7, 11) is 1.62. The number of hydrogen-bond donors (Lipinski definition) is 3. The highest BCUT2D eigenvalue weighted by Crippen LogP contribution is 2.18. The highest BCUT2D eigenvalue weighted by molar-refractivity contribution is 5.84. The molecule has 0 radical (unpaired) electrons. The van der Waals surface area contributed by atoms with Gasteiger partial charge in [0.2, 0.25) is 0 Å². The molecular formula is C7H14N4O. The summed E-state index contributed by atoms with van der Waals surface area (Å²) in [5.41, 5.74) is 5.14. The number of amides is 2. The molecule has 0 saturated heterocycles. The van der Waals surface area contributed by atoms with E-state index in [4.69, 9.17) is 11.1 Å². The van der Waals surface area contributed by atoms with Gasteiger partial charge in [0.25, 0.3) is 0 Å². The van der Waals surface area contributed by atoms with Gasteiger partial charge in [-0.15, -0.1) is 0 Å². The molecule has 1 aliphatic rings. The zero-order valence-corrected chi connectivity index (χ0v) is 7.13. The molecule has 5 heteroatoms. The van der Waals surface area contributed by atoms with E-state index in [1.54, 1.807) is 7.05 Å². The van der Waals surface area contributed by atoms with E-state index in [1.165, 1.54) is 4.90 Å². The lowest BCUT2D eigenvalue weighted by Gasteiger charge is -2.16. The number of hydrogen-bond acceptors (Lipinski definition) is 2. The van der Waals surface area contributed by atoms with Gasteiger partial charge in [-0.3, -0.25) is 5.41 Å². The fourth-order valence-corrected chi connectivity index (χ4v) is 0.840. The van der Waals surface area contributed by atoms with Crippen LogP contribution in [0.2, 0.25) is 0 Å². The third-order valence-corrected chi connectivity index (χ3v) is 1.66. The molecule has 0 atom stereocenters. The normalized spacial score (nSPS) is 15.4. The summed E-state index contributed by atoms with van der Waals surface area (Å²) in [6.07, 6.45) is 2.14. The average Bonchev–Trinajstić information content (AvgIpc) is 2.70. The quantitative estimate of drug-likeness (QED) is 0.402.